The van der Waals surface area contributed by atoms with Gasteiger partial charge in [0.1, 0.15) is 11.3 Å². The fourth-order valence-corrected chi connectivity index (χ4v) is 0.872. The molecule has 0 aromatic rings. The van der Waals surface area contributed by atoms with E-state index in [2.05, 4.69) is 4.99 Å². The highest BCUT2D eigenvalue weighted by molar-refractivity contribution is 5.87. The van der Waals surface area contributed by atoms with Crippen LogP contribution < -0.4 is 5.73 Å². The van der Waals surface area contributed by atoms with Crippen molar-refractivity contribution in [2.24, 2.45) is 16.1 Å². The van der Waals surface area contributed by atoms with Crippen LogP contribution in [0.3, 0.4) is 0 Å². The molecule has 1 unspecified atom stereocenters. The lowest BCUT2D eigenvalue weighted by molar-refractivity contribution is -0.193. The van der Waals surface area contributed by atoms with E-state index >= 15 is 0 Å². The SMILES string of the molecule is CCN=C(N)C(C)(CC)C(F)(F)F. The van der Waals surface area contributed by atoms with Crippen LogP contribution in [0.2, 0.25) is 0 Å². The molecule has 2 nitrogen and oxygen atoms in total. The molecule has 13 heavy (non-hydrogen) atoms. The van der Waals surface area contributed by atoms with Crippen molar-refractivity contribution in [3.63, 3.8) is 0 Å². The zero-order chi connectivity index (χ0) is 10.7. The second-order valence-electron chi connectivity index (χ2n) is 3.04. The summed E-state index contributed by atoms with van der Waals surface area (Å²) in [5, 5.41) is 0. The van der Waals surface area contributed by atoms with Gasteiger partial charge < -0.3 is 5.73 Å². The average Bonchev–Trinajstić information content (AvgIpc) is 2.01. The maximum Gasteiger partial charge on any atom is 0.401 e. The van der Waals surface area contributed by atoms with Gasteiger partial charge in [-0.25, -0.2) is 0 Å². The molecular formula is C8H15F3N2. The zero-order valence-corrected chi connectivity index (χ0v) is 8.07. The molecule has 0 aliphatic carbocycles. The Bertz CT molecular complexity index is 198. The van der Waals surface area contributed by atoms with Gasteiger partial charge in [0, 0.05) is 6.54 Å². The first-order valence-corrected chi connectivity index (χ1v) is 4.16. The van der Waals surface area contributed by atoms with E-state index in [-0.39, 0.29) is 18.8 Å². The Hall–Kier alpha value is -0.740. The third-order valence-corrected chi connectivity index (χ3v) is 2.23. The summed E-state index contributed by atoms with van der Waals surface area (Å²) in [7, 11) is 0. The van der Waals surface area contributed by atoms with Crippen molar-refractivity contribution in [3.8, 4) is 0 Å². The number of amidine groups is 1. The monoisotopic (exact) mass is 196 g/mol. The van der Waals surface area contributed by atoms with Gasteiger partial charge in [-0.3, -0.25) is 4.99 Å². The van der Waals surface area contributed by atoms with Crippen LogP contribution in [0.4, 0.5) is 13.2 Å². The van der Waals surface area contributed by atoms with Gasteiger partial charge in [-0.15, -0.1) is 0 Å². The van der Waals surface area contributed by atoms with Crippen LogP contribution >= 0.6 is 0 Å². The lowest BCUT2D eigenvalue weighted by Gasteiger charge is -2.30. The number of hydrogen-bond donors (Lipinski definition) is 1. The number of hydrogen-bond acceptors (Lipinski definition) is 1. The minimum Gasteiger partial charge on any atom is -0.387 e. The lowest BCUT2D eigenvalue weighted by atomic mass is 9.85. The number of alkyl halides is 3. The molecule has 0 aliphatic heterocycles. The molecule has 0 fully saturated rings. The fraction of sp³-hybridized carbons (Fsp3) is 0.875. The molecule has 0 bridgehead atoms. The molecule has 0 aromatic carbocycles. The predicted molar refractivity (Wildman–Crippen MR) is 46.6 cm³/mol. The summed E-state index contributed by atoms with van der Waals surface area (Å²) in [6.07, 6.45) is -4.42. The van der Waals surface area contributed by atoms with Gasteiger partial charge in [-0.2, -0.15) is 13.2 Å². The van der Waals surface area contributed by atoms with Crippen molar-refractivity contribution in [3.05, 3.63) is 0 Å². The fourth-order valence-electron chi connectivity index (χ4n) is 0.872. The summed E-state index contributed by atoms with van der Waals surface area (Å²) in [6, 6.07) is 0. The van der Waals surface area contributed by atoms with E-state index in [1.165, 1.54) is 6.92 Å². The maximum atomic E-state index is 12.5. The van der Waals surface area contributed by atoms with Crippen LogP contribution in [-0.4, -0.2) is 18.6 Å². The topological polar surface area (TPSA) is 38.4 Å². The highest BCUT2D eigenvalue weighted by Crippen LogP contribution is 2.40. The second kappa shape index (κ2) is 3.98. The van der Waals surface area contributed by atoms with Crippen molar-refractivity contribution < 1.29 is 13.2 Å². The molecule has 78 valence electrons. The molecule has 1 atom stereocenters. The normalized spacial score (nSPS) is 18.5. The Morgan fingerprint density at radius 2 is 1.77 bits per heavy atom. The molecule has 2 N–H and O–H groups in total. The van der Waals surface area contributed by atoms with E-state index in [9.17, 15) is 13.2 Å². The molecule has 0 spiro atoms. The van der Waals surface area contributed by atoms with E-state index in [0.29, 0.717) is 0 Å². The van der Waals surface area contributed by atoms with Gasteiger partial charge in [0.25, 0.3) is 0 Å². The van der Waals surface area contributed by atoms with Crippen LogP contribution in [0.5, 0.6) is 0 Å². The Balaban J connectivity index is 4.95. The van der Waals surface area contributed by atoms with E-state index in [1.54, 1.807) is 6.92 Å². The number of nitrogens with zero attached hydrogens (tertiary/aromatic N) is 1. The van der Waals surface area contributed by atoms with Gasteiger partial charge in [-0.1, -0.05) is 6.92 Å². The highest BCUT2D eigenvalue weighted by Gasteiger charge is 2.52. The van der Waals surface area contributed by atoms with Crippen molar-refractivity contribution in [1.29, 1.82) is 0 Å². The Labute approximate surface area is 76.0 Å². The Kier molecular flexibility index (Phi) is 3.75. The standard InChI is InChI=1S/C8H15F3N2/c1-4-7(3,8(9,10)11)6(12)13-5-2/h4-5H2,1-3H3,(H2,12,13). The zero-order valence-electron chi connectivity index (χ0n) is 8.07. The molecule has 0 aliphatic rings. The van der Waals surface area contributed by atoms with Crippen LogP contribution in [0, 0.1) is 5.41 Å². The Morgan fingerprint density at radius 3 is 2.00 bits per heavy atom. The highest BCUT2D eigenvalue weighted by atomic mass is 19.4. The van der Waals surface area contributed by atoms with Gasteiger partial charge in [0.05, 0.1) is 0 Å². The smallest absolute Gasteiger partial charge is 0.387 e. The van der Waals surface area contributed by atoms with Crippen molar-refractivity contribution >= 4 is 5.84 Å². The summed E-state index contributed by atoms with van der Waals surface area (Å²) in [4.78, 5) is 3.61. The summed E-state index contributed by atoms with van der Waals surface area (Å²) in [5.41, 5.74) is 3.31. The molecule has 0 radical (unpaired) electrons. The van der Waals surface area contributed by atoms with E-state index in [1.807, 2.05) is 0 Å². The van der Waals surface area contributed by atoms with Crippen LogP contribution in [-0.2, 0) is 0 Å². The van der Waals surface area contributed by atoms with Crippen molar-refractivity contribution in [1.82, 2.24) is 0 Å². The molecule has 0 rings (SSSR count). The van der Waals surface area contributed by atoms with Gasteiger partial charge >= 0.3 is 6.18 Å². The first kappa shape index (κ1) is 12.3. The molecule has 0 saturated heterocycles. The van der Waals surface area contributed by atoms with Crippen molar-refractivity contribution in [2.45, 2.75) is 33.4 Å². The minimum atomic E-state index is -4.33. The molecule has 0 heterocycles. The van der Waals surface area contributed by atoms with E-state index < -0.39 is 11.6 Å². The van der Waals surface area contributed by atoms with Crippen LogP contribution in [0.1, 0.15) is 27.2 Å². The molecule has 0 amide bonds. The van der Waals surface area contributed by atoms with Gasteiger partial charge in [0.15, 0.2) is 0 Å². The summed E-state index contributed by atoms with van der Waals surface area (Å²) in [6.45, 7) is 4.45. The van der Waals surface area contributed by atoms with Crippen molar-refractivity contribution in [2.75, 3.05) is 6.54 Å². The first-order valence-electron chi connectivity index (χ1n) is 4.16. The summed E-state index contributed by atoms with van der Waals surface area (Å²) >= 11 is 0. The maximum absolute atomic E-state index is 12.5. The van der Waals surface area contributed by atoms with Gasteiger partial charge in [-0.05, 0) is 20.3 Å². The number of halogens is 3. The second-order valence-corrected chi connectivity index (χ2v) is 3.04. The predicted octanol–water partition coefficient (Wildman–Crippen LogP) is 2.34. The molecule has 0 saturated carbocycles. The van der Waals surface area contributed by atoms with E-state index in [4.69, 9.17) is 5.73 Å². The number of rotatable bonds is 3. The minimum absolute atomic E-state index is 0.0914. The lowest BCUT2D eigenvalue weighted by Crippen LogP contribution is -2.46. The van der Waals surface area contributed by atoms with Crippen LogP contribution in [0.25, 0.3) is 0 Å². The average molecular weight is 196 g/mol. The number of nitrogens with two attached hydrogens (primary N) is 1. The third-order valence-electron chi connectivity index (χ3n) is 2.23. The summed E-state index contributed by atoms with van der Waals surface area (Å²) < 4.78 is 37.6. The largest absolute Gasteiger partial charge is 0.401 e. The number of aliphatic imine (C=N–C) groups is 1. The first-order chi connectivity index (χ1) is 5.79. The van der Waals surface area contributed by atoms with E-state index in [0.717, 1.165) is 6.92 Å². The third kappa shape index (κ3) is 2.35. The quantitative estimate of drug-likeness (QED) is 0.546. The van der Waals surface area contributed by atoms with Crippen LogP contribution in [0.15, 0.2) is 4.99 Å². The van der Waals surface area contributed by atoms with Gasteiger partial charge in [0.2, 0.25) is 0 Å². The molecule has 0 aromatic heterocycles. The molecular weight excluding hydrogens is 181 g/mol. The Morgan fingerprint density at radius 1 is 1.31 bits per heavy atom. The summed E-state index contributed by atoms with van der Waals surface area (Å²) in [5.74, 6) is -0.329. The molecule has 5 heteroatoms.